The molecule has 0 bridgehead atoms. The zero-order chi connectivity index (χ0) is 28.5. The molecule has 4 rings (SSSR count). The lowest BCUT2D eigenvalue weighted by Crippen LogP contribution is -2.30. The summed E-state index contributed by atoms with van der Waals surface area (Å²) >= 11 is 7.50. The van der Waals surface area contributed by atoms with Gasteiger partial charge in [-0.15, -0.1) is 11.8 Å². The number of nitrogens with one attached hydrogen (secondary N) is 3. The van der Waals surface area contributed by atoms with E-state index in [4.69, 9.17) is 11.6 Å². The van der Waals surface area contributed by atoms with Crippen LogP contribution in [0.3, 0.4) is 0 Å². The van der Waals surface area contributed by atoms with E-state index in [1.54, 1.807) is 54.6 Å². The highest BCUT2D eigenvalue weighted by atomic mass is 35.5. The molecule has 202 valence electrons. The second kappa shape index (κ2) is 13.6. The summed E-state index contributed by atoms with van der Waals surface area (Å²) in [5.74, 6) is -1.76. The van der Waals surface area contributed by atoms with Crippen molar-refractivity contribution in [3.05, 3.63) is 130 Å². The highest BCUT2D eigenvalue weighted by Gasteiger charge is 2.17. The summed E-state index contributed by atoms with van der Waals surface area (Å²) in [7, 11) is 0. The van der Waals surface area contributed by atoms with Crippen molar-refractivity contribution < 1.29 is 18.8 Å². The Morgan fingerprint density at radius 3 is 2.25 bits per heavy atom. The molecular weight excluding hydrogens is 549 g/mol. The molecule has 0 heterocycles. The highest BCUT2D eigenvalue weighted by molar-refractivity contribution is 8.00. The van der Waals surface area contributed by atoms with Gasteiger partial charge in [0.1, 0.15) is 11.5 Å². The lowest BCUT2D eigenvalue weighted by Gasteiger charge is -2.12. The Morgan fingerprint density at radius 2 is 1.55 bits per heavy atom. The van der Waals surface area contributed by atoms with Crippen LogP contribution in [0.15, 0.2) is 108 Å². The number of anilines is 2. The third kappa shape index (κ3) is 7.81. The van der Waals surface area contributed by atoms with Gasteiger partial charge in [0.2, 0.25) is 5.91 Å². The molecule has 0 aliphatic heterocycles. The van der Waals surface area contributed by atoms with E-state index in [9.17, 15) is 18.8 Å². The first kappa shape index (κ1) is 28.6. The molecule has 0 aliphatic rings. The standard InChI is InChI=1S/C31H25ClFN3O3S/c1-20-8-5-6-13-27(20)35-29(37)19-40-23-16-14-22(15-17-23)34-31(39)28(18-24-25(32)11-7-12-26(24)33)36-30(38)21-9-3-2-4-10-21/h2-18H,19H2,1H3,(H,34,39)(H,35,37)(H,36,38)/b28-18-. The number of carbonyl (C=O) groups excluding carboxylic acids is 3. The maximum absolute atomic E-state index is 14.5. The number of benzene rings is 4. The van der Waals surface area contributed by atoms with Gasteiger partial charge in [0.05, 0.1) is 10.8 Å². The van der Waals surface area contributed by atoms with Crippen LogP contribution in [0, 0.1) is 12.7 Å². The maximum Gasteiger partial charge on any atom is 0.272 e. The van der Waals surface area contributed by atoms with E-state index in [0.29, 0.717) is 11.3 Å². The van der Waals surface area contributed by atoms with E-state index >= 15 is 0 Å². The van der Waals surface area contributed by atoms with Crippen LogP contribution in [0.1, 0.15) is 21.5 Å². The predicted octanol–water partition coefficient (Wildman–Crippen LogP) is 6.93. The summed E-state index contributed by atoms with van der Waals surface area (Å²) in [6.45, 7) is 1.93. The highest BCUT2D eigenvalue weighted by Crippen LogP contribution is 2.24. The average Bonchev–Trinajstić information content (AvgIpc) is 2.95. The first-order valence-corrected chi connectivity index (χ1v) is 13.6. The fourth-order valence-electron chi connectivity index (χ4n) is 3.62. The number of carbonyl (C=O) groups is 3. The lowest BCUT2D eigenvalue weighted by atomic mass is 10.1. The maximum atomic E-state index is 14.5. The molecule has 3 N–H and O–H groups in total. The van der Waals surface area contributed by atoms with Crippen molar-refractivity contribution in [3.63, 3.8) is 0 Å². The number of hydrogen-bond donors (Lipinski definition) is 3. The van der Waals surface area contributed by atoms with Crippen LogP contribution < -0.4 is 16.0 Å². The average molecular weight is 574 g/mol. The van der Waals surface area contributed by atoms with Crippen molar-refractivity contribution >= 4 is 58.5 Å². The molecular formula is C31H25ClFN3O3S. The number of rotatable bonds is 9. The Morgan fingerprint density at radius 1 is 0.850 bits per heavy atom. The molecule has 0 saturated carbocycles. The van der Waals surface area contributed by atoms with Crippen molar-refractivity contribution in [2.45, 2.75) is 11.8 Å². The van der Waals surface area contributed by atoms with E-state index in [1.165, 1.54) is 36.0 Å². The van der Waals surface area contributed by atoms with Crippen LogP contribution in [-0.4, -0.2) is 23.5 Å². The number of thioether (sulfide) groups is 1. The summed E-state index contributed by atoms with van der Waals surface area (Å²) < 4.78 is 14.5. The van der Waals surface area contributed by atoms with Crippen LogP contribution in [-0.2, 0) is 9.59 Å². The minimum absolute atomic E-state index is 0.0293. The number of amides is 3. The zero-order valence-electron chi connectivity index (χ0n) is 21.4. The Bertz CT molecular complexity index is 1540. The van der Waals surface area contributed by atoms with Gasteiger partial charge in [-0.2, -0.15) is 0 Å². The quantitative estimate of drug-likeness (QED) is 0.150. The molecule has 0 unspecified atom stereocenters. The van der Waals surface area contributed by atoms with Crippen LogP contribution in [0.5, 0.6) is 0 Å². The van der Waals surface area contributed by atoms with Crippen molar-refractivity contribution in [1.82, 2.24) is 5.32 Å². The molecule has 9 heteroatoms. The van der Waals surface area contributed by atoms with E-state index < -0.39 is 17.6 Å². The summed E-state index contributed by atoms with van der Waals surface area (Å²) in [5.41, 5.74) is 2.30. The van der Waals surface area contributed by atoms with Gasteiger partial charge >= 0.3 is 0 Å². The molecule has 0 atom stereocenters. The van der Waals surface area contributed by atoms with Gasteiger partial charge in [-0.1, -0.05) is 54.1 Å². The second-order valence-electron chi connectivity index (χ2n) is 8.64. The summed E-state index contributed by atoms with van der Waals surface area (Å²) in [6.07, 6.45) is 1.20. The topological polar surface area (TPSA) is 87.3 Å². The molecule has 40 heavy (non-hydrogen) atoms. The van der Waals surface area contributed by atoms with Crippen molar-refractivity contribution in [2.24, 2.45) is 0 Å². The second-order valence-corrected chi connectivity index (χ2v) is 10.1. The summed E-state index contributed by atoms with van der Waals surface area (Å²) in [6, 6.07) is 26.9. The van der Waals surface area contributed by atoms with Gasteiger partial charge in [0.15, 0.2) is 0 Å². The molecule has 4 aromatic rings. The van der Waals surface area contributed by atoms with Gasteiger partial charge in [-0.25, -0.2) is 4.39 Å². The molecule has 0 fully saturated rings. The third-order valence-corrected chi connectivity index (χ3v) is 7.06. The van der Waals surface area contributed by atoms with Crippen LogP contribution >= 0.6 is 23.4 Å². The van der Waals surface area contributed by atoms with Crippen molar-refractivity contribution in [2.75, 3.05) is 16.4 Å². The van der Waals surface area contributed by atoms with E-state index in [-0.39, 0.29) is 27.9 Å². The Kier molecular flexibility index (Phi) is 9.72. The zero-order valence-corrected chi connectivity index (χ0v) is 23.0. The number of halogens is 2. The fraction of sp³-hybridized carbons (Fsp3) is 0.0645. The van der Waals surface area contributed by atoms with Crippen LogP contribution in [0.4, 0.5) is 15.8 Å². The van der Waals surface area contributed by atoms with Gasteiger partial charge in [0, 0.05) is 27.4 Å². The van der Waals surface area contributed by atoms with E-state index in [2.05, 4.69) is 16.0 Å². The minimum atomic E-state index is -0.665. The van der Waals surface area contributed by atoms with E-state index in [1.807, 2.05) is 31.2 Å². The van der Waals surface area contributed by atoms with Gasteiger partial charge in [-0.3, -0.25) is 14.4 Å². The van der Waals surface area contributed by atoms with Gasteiger partial charge < -0.3 is 16.0 Å². The number of aryl methyl sites for hydroxylation is 1. The molecule has 0 saturated heterocycles. The van der Waals surface area contributed by atoms with E-state index in [0.717, 1.165) is 16.1 Å². The molecule has 3 amide bonds. The van der Waals surface area contributed by atoms with Crippen LogP contribution in [0.2, 0.25) is 5.02 Å². The normalized spacial score (nSPS) is 11.0. The number of para-hydroxylation sites is 1. The fourth-order valence-corrected chi connectivity index (χ4v) is 4.53. The Hall–Kier alpha value is -4.40. The smallest absolute Gasteiger partial charge is 0.272 e. The summed E-state index contributed by atoms with van der Waals surface area (Å²) in [4.78, 5) is 39.1. The van der Waals surface area contributed by atoms with Crippen molar-refractivity contribution in [1.29, 1.82) is 0 Å². The Labute approximate surface area is 240 Å². The first-order valence-electron chi connectivity index (χ1n) is 12.2. The summed E-state index contributed by atoms with van der Waals surface area (Å²) in [5, 5.41) is 8.26. The van der Waals surface area contributed by atoms with Gasteiger partial charge in [-0.05, 0) is 73.2 Å². The molecule has 0 spiro atoms. The molecule has 0 aliphatic carbocycles. The first-order chi connectivity index (χ1) is 19.3. The largest absolute Gasteiger partial charge is 0.325 e. The minimum Gasteiger partial charge on any atom is -0.325 e. The third-order valence-electron chi connectivity index (χ3n) is 5.72. The molecule has 4 aromatic carbocycles. The molecule has 0 aromatic heterocycles. The predicted molar refractivity (Wildman–Crippen MR) is 159 cm³/mol. The molecule has 6 nitrogen and oxygen atoms in total. The Balaban J connectivity index is 1.44. The number of hydrogen-bond acceptors (Lipinski definition) is 4. The van der Waals surface area contributed by atoms with Crippen molar-refractivity contribution in [3.8, 4) is 0 Å². The lowest BCUT2D eigenvalue weighted by molar-refractivity contribution is -0.114. The SMILES string of the molecule is Cc1ccccc1NC(=O)CSc1ccc(NC(=O)/C(=C/c2c(F)cccc2Cl)NC(=O)c2ccccc2)cc1. The molecule has 0 radical (unpaired) electrons. The monoisotopic (exact) mass is 573 g/mol. The van der Waals surface area contributed by atoms with Crippen LogP contribution in [0.25, 0.3) is 6.08 Å². The van der Waals surface area contributed by atoms with Gasteiger partial charge in [0.25, 0.3) is 11.8 Å².